The molecule has 1 aromatic carbocycles. The second kappa shape index (κ2) is 5.93. The lowest BCUT2D eigenvalue weighted by molar-refractivity contribution is 0.0693. The summed E-state index contributed by atoms with van der Waals surface area (Å²) in [4.78, 5) is 17.4. The summed E-state index contributed by atoms with van der Waals surface area (Å²) in [5.74, 6) is -0.905. The van der Waals surface area contributed by atoms with Crippen LogP contribution in [-0.2, 0) is 0 Å². The van der Waals surface area contributed by atoms with Crippen molar-refractivity contribution in [2.45, 2.75) is 18.7 Å². The molecule has 19 heavy (non-hydrogen) atoms. The maximum atomic E-state index is 11.2. The minimum atomic E-state index is -0.905. The number of hydrogen-bond acceptors (Lipinski definition) is 4. The smallest absolute Gasteiger partial charge is 0.336 e. The third-order valence-electron chi connectivity index (χ3n) is 2.85. The van der Waals surface area contributed by atoms with Crippen molar-refractivity contribution in [3.8, 4) is 0 Å². The van der Waals surface area contributed by atoms with Crippen LogP contribution >= 0.6 is 11.8 Å². The molecule has 5 heteroatoms. The molecule has 0 saturated heterocycles. The number of hydrogen-bond donors (Lipinski definition) is 2. The van der Waals surface area contributed by atoms with Crippen LogP contribution in [0.3, 0.4) is 0 Å². The van der Waals surface area contributed by atoms with Crippen molar-refractivity contribution in [1.82, 2.24) is 5.32 Å². The maximum Gasteiger partial charge on any atom is 0.336 e. The second-order valence-electron chi connectivity index (χ2n) is 4.25. The van der Waals surface area contributed by atoms with Gasteiger partial charge < -0.3 is 10.4 Å². The predicted molar refractivity (Wildman–Crippen MR) is 77.9 cm³/mol. The van der Waals surface area contributed by atoms with Gasteiger partial charge in [-0.25, -0.2) is 4.79 Å². The number of allylic oxidation sites excluding steroid dienone is 2. The third kappa shape index (κ3) is 3.17. The van der Waals surface area contributed by atoms with Gasteiger partial charge in [0.2, 0.25) is 0 Å². The van der Waals surface area contributed by atoms with Gasteiger partial charge in [0.25, 0.3) is 0 Å². The van der Waals surface area contributed by atoms with Crippen LogP contribution in [0, 0.1) is 0 Å². The molecule has 4 nitrogen and oxygen atoms in total. The number of thioether (sulfide) groups is 1. The summed E-state index contributed by atoms with van der Waals surface area (Å²) in [5.41, 5.74) is 2.32. The van der Waals surface area contributed by atoms with E-state index < -0.39 is 5.97 Å². The third-order valence-corrected chi connectivity index (χ3v) is 4.23. The number of benzene rings is 1. The van der Waals surface area contributed by atoms with Crippen molar-refractivity contribution in [2.75, 3.05) is 13.1 Å². The molecule has 0 bridgehead atoms. The average molecular weight is 276 g/mol. The molecule has 1 aliphatic rings. The molecule has 1 aromatic rings. The summed E-state index contributed by atoms with van der Waals surface area (Å²) < 4.78 is 0. The standard InChI is InChI=1S/C14H16N2O2S/c1-9-13(10(2)16-8-7-15-9)19-12-6-4-3-5-11(12)14(17)18/h3-6,15H,7-8H2,1-2H3,(H,17,18). The van der Waals surface area contributed by atoms with E-state index in [4.69, 9.17) is 0 Å². The van der Waals surface area contributed by atoms with Crippen molar-refractivity contribution in [3.05, 3.63) is 40.4 Å². The second-order valence-corrected chi connectivity index (χ2v) is 5.30. The molecule has 0 radical (unpaired) electrons. The lowest BCUT2D eigenvalue weighted by atomic mass is 10.2. The normalized spacial score (nSPS) is 15.6. The van der Waals surface area contributed by atoms with Crippen LogP contribution in [0.5, 0.6) is 0 Å². The minimum absolute atomic E-state index is 0.324. The number of nitrogens with zero attached hydrogens (tertiary/aromatic N) is 1. The zero-order valence-corrected chi connectivity index (χ0v) is 11.8. The molecule has 0 fully saturated rings. The fourth-order valence-electron chi connectivity index (χ4n) is 1.88. The highest BCUT2D eigenvalue weighted by Gasteiger charge is 2.16. The Morgan fingerprint density at radius 3 is 2.84 bits per heavy atom. The van der Waals surface area contributed by atoms with Gasteiger partial charge in [-0.1, -0.05) is 23.9 Å². The Morgan fingerprint density at radius 2 is 2.11 bits per heavy atom. The predicted octanol–water partition coefficient (Wildman–Crippen LogP) is 2.77. The molecule has 0 aromatic heterocycles. The van der Waals surface area contributed by atoms with Crippen molar-refractivity contribution in [3.63, 3.8) is 0 Å². The van der Waals surface area contributed by atoms with Crippen molar-refractivity contribution < 1.29 is 9.90 Å². The first-order valence-electron chi connectivity index (χ1n) is 6.06. The first-order chi connectivity index (χ1) is 9.09. The van der Waals surface area contributed by atoms with E-state index in [1.807, 2.05) is 26.0 Å². The molecular weight excluding hydrogens is 260 g/mol. The lowest BCUT2D eigenvalue weighted by Gasteiger charge is -2.11. The Hall–Kier alpha value is -1.75. The minimum Gasteiger partial charge on any atom is -0.478 e. The Labute approximate surface area is 116 Å². The number of carbonyl (C=O) groups is 1. The summed E-state index contributed by atoms with van der Waals surface area (Å²) in [5, 5.41) is 12.5. The van der Waals surface area contributed by atoms with E-state index in [1.165, 1.54) is 11.8 Å². The van der Waals surface area contributed by atoms with Crippen molar-refractivity contribution in [2.24, 2.45) is 4.99 Å². The van der Waals surface area contributed by atoms with Gasteiger partial charge in [0, 0.05) is 22.8 Å². The topological polar surface area (TPSA) is 61.7 Å². The van der Waals surface area contributed by atoms with Crippen LogP contribution in [0.4, 0.5) is 0 Å². The van der Waals surface area contributed by atoms with E-state index in [2.05, 4.69) is 10.3 Å². The molecule has 2 rings (SSSR count). The fraction of sp³-hybridized carbons (Fsp3) is 0.286. The number of aliphatic imine (C=N–C) groups is 1. The zero-order valence-electron chi connectivity index (χ0n) is 10.9. The van der Waals surface area contributed by atoms with Crippen molar-refractivity contribution in [1.29, 1.82) is 0 Å². The SMILES string of the molecule is CC1=NCCNC(C)=C1Sc1ccccc1C(=O)O. The van der Waals surface area contributed by atoms with E-state index in [0.717, 1.165) is 34.3 Å². The lowest BCUT2D eigenvalue weighted by Crippen LogP contribution is -2.14. The van der Waals surface area contributed by atoms with E-state index in [-0.39, 0.29) is 0 Å². The van der Waals surface area contributed by atoms with Crippen LogP contribution in [-0.4, -0.2) is 29.9 Å². The van der Waals surface area contributed by atoms with Gasteiger partial charge >= 0.3 is 5.97 Å². The zero-order chi connectivity index (χ0) is 13.8. The number of aromatic carboxylic acids is 1. The van der Waals surface area contributed by atoms with Gasteiger partial charge in [-0.3, -0.25) is 4.99 Å². The largest absolute Gasteiger partial charge is 0.478 e. The summed E-state index contributed by atoms with van der Waals surface area (Å²) in [6, 6.07) is 7.03. The van der Waals surface area contributed by atoms with E-state index in [1.54, 1.807) is 12.1 Å². The fourth-order valence-corrected chi connectivity index (χ4v) is 2.95. The molecular formula is C14H16N2O2S. The van der Waals surface area contributed by atoms with E-state index in [9.17, 15) is 9.90 Å². The highest BCUT2D eigenvalue weighted by atomic mass is 32.2. The van der Waals surface area contributed by atoms with Crippen LogP contribution < -0.4 is 5.32 Å². The van der Waals surface area contributed by atoms with Crippen LogP contribution in [0.25, 0.3) is 0 Å². The summed E-state index contributed by atoms with van der Waals surface area (Å²) >= 11 is 1.45. The van der Waals surface area contributed by atoms with Gasteiger partial charge in [-0.15, -0.1) is 0 Å². The van der Waals surface area contributed by atoms with Crippen LogP contribution in [0.1, 0.15) is 24.2 Å². The Kier molecular flexibility index (Phi) is 4.27. The summed E-state index contributed by atoms with van der Waals surface area (Å²) in [7, 11) is 0. The quantitative estimate of drug-likeness (QED) is 0.891. The summed E-state index contributed by atoms with van der Waals surface area (Å²) in [6.07, 6.45) is 0. The number of rotatable bonds is 3. The van der Waals surface area contributed by atoms with Gasteiger partial charge in [0.15, 0.2) is 0 Å². The van der Waals surface area contributed by atoms with Gasteiger partial charge in [0.1, 0.15) is 0 Å². The van der Waals surface area contributed by atoms with Gasteiger partial charge in [0.05, 0.1) is 17.0 Å². The Bertz CT molecular complexity index is 564. The van der Waals surface area contributed by atoms with Crippen LogP contribution in [0.15, 0.2) is 44.8 Å². The molecule has 0 unspecified atom stereocenters. The maximum absolute atomic E-state index is 11.2. The molecule has 100 valence electrons. The first-order valence-corrected chi connectivity index (χ1v) is 6.87. The first kappa shape index (κ1) is 13.7. The highest BCUT2D eigenvalue weighted by molar-refractivity contribution is 8.04. The number of nitrogens with one attached hydrogen (secondary N) is 1. The molecule has 2 N–H and O–H groups in total. The molecule has 0 aliphatic carbocycles. The summed E-state index contributed by atoms with van der Waals surface area (Å²) in [6.45, 7) is 5.51. The highest BCUT2D eigenvalue weighted by Crippen LogP contribution is 2.32. The Morgan fingerprint density at radius 1 is 1.37 bits per heavy atom. The average Bonchev–Trinajstić information content (AvgIpc) is 2.54. The molecule has 0 atom stereocenters. The van der Waals surface area contributed by atoms with Crippen molar-refractivity contribution >= 4 is 23.4 Å². The van der Waals surface area contributed by atoms with Crippen LogP contribution in [0.2, 0.25) is 0 Å². The molecule has 0 amide bonds. The number of carboxylic acids is 1. The monoisotopic (exact) mass is 276 g/mol. The van der Waals surface area contributed by atoms with Gasteiger partial charge in [-0.2, -0.15) is 0 Å². The molecule has 0 spiro atoms. The van der Waals surface area contributed by atoms with E-state index in [0.29, 0.717) is 5.56 Å². The Balaban J connectivity index is 2.37. The molecule has 1 heterocycles. The van der Waals surface area contributed by atoms with E-state index >= 15 is 0 Å². The van der Waals surface area contributed by atoms with Gasteiger partial charge in [-0.05, 0) is 26.0 Å². The molecule has 0 saturated carbocycles. The number of carboxylic acid groups (broad SMARTS) is 1. The molecule has 1 aliphatic heterocycles.